The van der Waals surface area contributed by atoms with Crippen LogP contribution in [0.2, 0.25) is 0 Å². The number of rotatable bonds is 3. The molecule has 0 saturated carbocycles. The van der Waals surface area contributed by atoms with Crippen LogP contribution in [0.3, 0.4) is 0 Å². The van der Waals surface area contributed by atoms with Crippen LogP contribution in [0, 0.1) is 13.8 Å². The Morgan fingerprint density at radius 2 is 1.82 bits per heavy atom. The summed E-state index contributed by atoms with van der Waals surface area (Å²) in [6.45, 7) is 6.58. The predicted octanol–water partition coefficient (Wildman–Crippen LogP) is 4.31. The van der Waals surface area contributed by atoms with Crippen LogP contribution in [0.1, 0.15) is 29.0 Å². The summed E-state index contributed by atoms with van der Waals surface area (Å²) in [5, 5.41) is 3.30. The van der Waals surface area contributed by atoms with Gasteiger partial charge in [0.25, 0.3) is 0 Å². The van der Waals surface area contributed by atoms with Gasteiger partial charge in [-0.1, -0.05) is 24.3 Å². The Hall–Kier alpha value is -1.12. The van der Waals surface area contributed by atoms with Gasteiger partial charge >= 0.3 is 0 Å². The van der Waals surface area contributed by atoms with Gasteiger partial charge in [-0.15, -0.1) is 11.3 Å². The largest absolute Gasteiger partial charge is 0.313 e. The normalized spacial score (nSPS) is 12.7. The lowest BCUT2D eigenvalue weighted by molar-refractivity contribution is 0.664. The molecule has 0 aliphatic rings. The molecule has 0 fully saturated rings. The van der Waals surface area contributed by atoms with Crippen LogP contribution in [0.15, 0.2) is 30.3 Å². The minimum Gasteiger partial charge on any atom is -0.313 e. The van der Waals surface area contributed by atoms with E-state index in [9.17, 15) is 0 Å². The van der Waals surface area contributed by atoms with Crippen LogP contribution in [-0.2, 0) is 0 Å². The smallest absolute Gasteiger partial charge is 0.0383 e. The molecule has 0 aliphatic carbocycles. The van der Waals surface area contributed by atoms with Crippen LogP contribution >= 0.6 is 11.3 Å². The molecule has 90 valence electrons. The second kappa shape index (κ2) is 5.03. The van der Waals surface area contributed by atoms with E-state index in [1.165, 1.54) is 26.4 Å². The second-order valence-electron chi connectivity index (χ2n) is 4.49. The Morgan fingerprint density at radius 3 is 2.47 bits per heavy atom. The maximum atomic E-state index is 3.30. The maximum absolute atomic E-state index is 3.30. The summed E-state index contributed by atoms with van der Waals surface area (Å²) in [6.07, 6.45) is 0. The highest BCUT2D eigenvalue weighted by molar-refractivity contribution is 7.15. The number of nitrogens with one attached hydrogen (secondary N) is 1. The highest BCUT2D eigenvalue weighted by Crippen LogP contribution is 2.36. The van der Waals surface area contributed by atoms with Gasteiger partial charge in [0.15, 0.2) is 0 Å². The van der Waals surface area contributed by atoms with Crippen LogP contribution in [-0.4, -0.2) is 7.05 Å². The number of benzene rings is 1. The Kier molecular flexibility index (Phi) is 3.65. The Morgan fingerprint density at radius 1 is 1.12 bits per heavy atom. The first-order valence-corrected chi connectivity index (χ1v) is 6.78. The summed E-state index contributed by atoms with van der Waals surface area (Å²) in [5.41, 5.74) is 4.09. The van der Waals surface area contributed by atoms with E-state index in [1.807, 2.05) is 18.4 Å². The summed E-state index contributed by atoms with van der Waals surface area (Å²) in [4.78, 5) is 2.81. The van der Waals surface area contributed by atoms with Gasteiger partial charge in [0.05, 0.1) is 0 Å². The lowest BCUT2D eigenvalue weighted by atomic mass is 10.0. The molecule has 2 rings (SSSR count). The zero-order valence-corrected chi connectivity index (χ0v) is 11.7. The molecule has 1 nitrogen and oxygen atoms in total. The van der Waals surface area contributed by atoms with Gasteiger partial charge < -0.3 is 5.32 Å². The van der Waals surface area contributed by atoms with Gasteiger partial charge in [-0.3, -0.25) is 0 Å². The molecule has 1 atom stereocenters. The minimum atomic E-state index is 0.427. The van der Waals surface area contributed by atoms with Gasteiger partial charge in [0.1, 0.15) is 0 Å². The molecule has 0 spiro atoms. The van der Waals surface area contributed by atoms with Gasteiger partial charge in [-0.2, -0.15) is 0 Å². The zero-order chi connectivity index (χ0) is 12.4. The molecule has 17 heavy (non-hydrogen) atoms. The second-order valence-corrected chi connectivity index (χ2v) is 5.57. The first-order chi connectivity index (χ1) is 8.13. The van der Waals surface area contributed by atoms with Crippen molar-refractivity contribution >= 4 is 11.3 Å². The summed E-state index contributed by atoms with van der Waals surface area (Å²) in [6, 6.07) is 11.3. The number of aryl methyl sites for hydroxylation is 2. The van der Waals surface area contributed by atoms with E-state index in [2.05, 4.69) is 56.4 Å². The summed E-state index contributed by atoms with van der Waals surface area (Å²) >= 11 is 1.90. The van der Waals surface area contributed by atoms with Crippen LogP contribution < -0.4 is 5.32 Å². The summed E-state index contributed by atoms with van der Waals surface area (Å²) in [7, 11) is 2.01. The van der Waals surface area contributed by atoms with E-state index < -0.39 is 0 Å². The van der Waals surface area contributed by atoms with Gasteiger partial charge in [0, 0.05) is 15.8 Å². The van der Waals surface area contributed by atoms with Crippen LogP contribution in [0.5, 0.6) is 0 Å². The van der Waals surface area contributed by atoms with E-state index in [0.717, 1.165) is 0 Å². The maximum Gasteiger partial charge on any atom is 0.0383 e. The highest BCUT2D eigenvalue weighted by Gasteiger charge is 2.12. The van der Waals surface area contributed by atoms with Crippen molar-refractivity contribution in [3.05, 3.63) is 46.3 Å². The van der Waals surface area contributed by atoms with Crippen LogP contribution in [0.4, 0.5) is 0 Å². The van der Waals surface area contributed by atoms with Crippen molar-refractivity contribution in [3.63, 3.8) is 0 Å². The molecule has 0 aliphatic heterocycles. The van der Waals surface area contributed by atoms with Crippen molar-refractivity contribution in [2.75, 3.05) is 7.05 Å². The molecular formula is C15H19NS. The molecule has 1 aromatic carbocycles. The molecule has 1 heterocycles. The van der Waals surface area contributed by atoms with Crippen LogP contribution in [0.25, 0.3) is 10.4 Å². The molecular weight excluding hydrogens is 226 g/mol. The fourth-order valence-corrected chi connectivity index (χ4v) is 3.28. The van der Waals surface area contributed by atoms with Crippen molar-refractivity contribution in [3.8, 4) is 10.4 Å². The van der Waals surface area contributed by atoms with Gasteiger partial charge in [0.2, 0.25) is 0 Å². The Balaban J connectivity index is 2.47. The summed E-state index contributed by atoms with van der Waals surface area (Å²) < 4.78 is 0. The number of hydrogen-bond donors (Lipinski definition) is 1. The standard InChI is InChI=1S/C15H19NS/c1-10-7-5-6-8-13(10)15-11(2)9-14(17-15)12(3)16-4/h5-9,12,16H,1-4H3. The van der Waals surface area contributed by atoms with E-state index in [1.54, 1.807) is 0 Å². The molecule has 0 bridgehead atoms. The average molecular weight is 245 g/mol. The van der Waals surface area contributed by atoms with Crippen molar-refractivity contribution in [1.29, 1.82) is 0 Å². The van der Waals surface area contributed by atoms with Crippen molar-refractivity contribution in [2.45, 2.75) is 26.8 Å². The van der Waals surface area contributed by atoms with E-state index in [4.69, 9.17) is 0 Å². The van der Waals surface area contributed by atoms with E-state index in [-0.39, 0.29) is 0 Å². The quantitative estimate of drug-likeness (QED) is 0.849. The summed E-state index contributed by atoms with van der Waals surface area (Å²) in [5.74, 6) is 0. The van der Waals surface area contributed by atoms with Crippen molar-refractivity contribution in [2.24, 2.45) is 0 Å². The molecule has 0 saturated heterocycles. The first-order valence-electron chi connectivity index (χ1n) is 5.97. The fourth-order valence-electron chi connectivity index (χ4n) is 1.96. The van der Waals surface area contributed by atoms with Crippen molar-refractivity contribution < 1.29 is 0 Å². The lowest BCUT2D eigenvalue weighted by Gasteiger charge is -2.06. The first kappa shape index (κ1) is 12.3. The third-order valence-electron chi connectivity index (χ3n) is 3.19. The van der Waals surface area contributed by atoms with E-state index >= 15 is 0 Å². The molecule has 1 N–H and O–H groups in total. The zero-order valence-electron chi connectivity index (χ0n) is 10.9. The van der Waals surface area contributed by atoms with Gasteiger partial charge in [-0.25, -0.2) is 0 Å². The topological polar surface area (TPSA) is 12.0 Å². The highest BCUT2D eigenvalue weighted by atomic mass is 32.1. The number of hydrogen-bond acceptors (Lipinski definition) is 2. The predicted molar refractivity (Wildman–Crippen MR) is 76.7 cm³/mol. The monoisotopic (exact) mass is 245 g/mol. The molecule has 1 aromatic heterocycles. The van der Waals surface area contributed by atoms with Crippen molar-refractivity contribution in [1.82, 2.24) is 5.32 Å². The average Bonchev–Trinajstić information content (AvgIpc) is 2.71. The van der Waals surface area contributed by atoms with E-state index in [0.29, 0.717) is 6.04 Å². The fraction of sp³-hybridized carbons (Fsp3) is 0.333. The third-order valence-corrected chi connectivity index (χ3v) is 4.64. The SMILES string of the molecule is CNC(C)c1cc(C)c(-c2ccccc2C)s1. The molecule has 2 heteroatoms. The minimum absolute atomic E-state index is 0.427. The molecule has 2 aromatic rings. The third kappa shape index (κ3) is 2.43. The lowest BCUT2D eigenvalue weighted by Crippen LogP contribution is -2.10. The Bertz CT molecular complexity index is 513. The molecule has 0 amide bonds. The molecule has 0 radical (unpaired) electrons. The van der Waals surface area contributed by atoms with Gasteiger partial charge in [-0.05, 0) is 50.6 Å². The Labute approximate surface area is 108 Å². The number of thiophene rings is 1. The molecule has 1 unspecified atom stereocenters.